The van der Waals surface area contributed by atoms with Crippen LogP contribution in [0.1, 0.15) is 15.9 Å². The number of amides is 2. The molecule has 0 radical (unpaired) electrons. The Labute approximate surface area is 176 Å². The van der Waals surface area contributed by atoms with Gasteiger partial charge in [0.05, 0.1) is 17.9 Å². The zero-order valence-corrected chi connectivity index (χ0v) is 17.4. The summed E-state index contributed by atoms with van der Waals surface area (Å²) in [5.74, 6) is 0.0170. The van der Waals surface area contributed by atoms with Crippen LogP contribution in [0.4, 0.5) is 5.69 Å². The molecular formula is C20H26ClN3O3S. The highest BCUT2D eigenvalue weighted by Crippen LogP contribution is 2.22. The van der Waals surface area contributed by atoms with E-state index in [2.05, 4.69) is 10.6 Å². The lowest BCUT2D eigenvalue weighted by molar-refractivity contribution is -0.118. The Balaban J connectivity index is 0.00000392. The van der Waals surface area contributed by atoms with Gasteiger partial charge in [-0.05, 0) is 36.2 Å². The van der Waals surface area contributed by atoms with E-state index in [1.54, 1.807) is 13.2 Å². The number of hydrogen-bond acceptors (Lipinski definition) is 5. The first-order chi connectivity index (χ1) is 13.1. The van der Waals surface area contributed by atoms with Crippen LogP contribution in [-0.4, -0.2) is 44.4 Å². The van der Waals surface area contributed by atoms with Crippen molar-refractivity contribution in [1.29, 1.82) is 0 Å². The number of anilines is 1. The van der Waals surface area contributed by atoms with E-state index in [0.717, 1.165) is 22.6 Å². The first-order valence-corrected chi connectivity index (χ1v) is 9.69. The molecule has 2 amide bonds. The molecule has 0 spiro atoms. The summed E-state index contributed by atoms with van der Waals surface area (Å²) in [5, 5.41) is 5.70. The third kappa shape index (κ3) is 8.21. The highest BCUT2D eigenvalue weighted by molar-refractivity contribution is 8.00. The van der Waals surface area contributed by atoms with E-state index in [1.807, 2.05) is 42.5 Å². The summed E-state index contributed by atoms with van der Waals surface area (Å²) >= 11 is 1.35. The minimum Gasteiger partial charge on any atom is -0.399 e. The second-order valence-electron chi connectivity index (χ2n) is 5.88. The maximum Gasteiger partial charge on any atom is 0.252 e. The molecule has 0 aromatic heterocycles. The largest absolute Gasteiger partial charge is 0.399 e. The van der Waals surface area contributed by atoms with Gasteiger partial charge in [0.2, 0.25) is 5.91 Å². The molecular weight excluding hydrogens is 398 g/mol. The van der Waals surface area contributed by atoms with Gasteiger partial charge >= 0.3 is 0 Å². The topological polar surface area (TPSA) is 93.4 Å². The number of ether oxygens (including phenoxy) is 1. The van der Waals surface area contributed by atoms with Crippen LogP contribution in [0.15, 0.2) is 53.4 Å². The Hall–Kier alpha value is -2.22. The number of methoxy groups -OCH3 is 1. The van der Waals surface area contributed by atoms with Gasteiger partial charge in [0.15, 0.2) is 0 Å². The van der Waals surface area contributed by atoms with Gasteiger partial charge in [-0.3, -0.25) is 9.59 Å². The lowest BCUT2D eigenvalue weighted by atomic mass is 10.1. The van der Waals surface area contributed by atoms with Crippen molar-refractivity contribution in [2.45, 2.75) is 11.3 Å². The number of nitrogens with two attached hydrogens (primary N) is 1. The van der Waals surface area contributed by atoms with Gasteiger partial charge in [-0.1, -0.05) is 24.3 Å². The first-order valence-electron chi connectivity index (χ1n) is 8.70. The minimum atomic E-state index is -0.145. The molecule has 2 rings (SSSR count). The Bertz CT molecular complexity index is 757. The van der Waals surface area contributed by atoms with Crippen LogP contribution in [0, 0.1) is 0 Å². The average molecular weight is 424 g/mol. The number of halogens is 1. The Morgan fingerprint density at radius 3 is 2.46 bits per heavy atom. The molecule has 28 heavy (non-hydrogen) atoms. The van der Waals surface area contributed by atoms with E-state index in [4.69, 9.17) is 10.5 Å². The molecule has 0 atom stereocenters. The Morgan fingerprint density at radius 1 is 1.04 bits per heavy atom. The maximum absolute atomic E-state index is 12.5. The van der Waals surface area contributed by atoms with E-state index >= 15 is 0 Å². The van der Waals surface area contributed by atoms with Crippen molar-refractivity contribution < 1.29 is 14.3 Å². The summed E-state index contributed by atoms with van der Waals surface area (Å²) < 4.78 is 4.90. The number of carbonyl (C=O) groups is 2. The van der Waals surface area contributed by atoms with E-state index in [9.17, 15) is 9.59 Å². The molecule has 0 aliphatic rings. The summed E-state index contributed by atoms with van der Waals surface area (Å²) in [6, 6.07) is 14.9. The van der Waals surface area contributed by atoms with Gasteiger partial charge in [0.1, 0.15) is 0 Å². The van der Waals surface area contributed by atoms with Crippen molar-refractivity contribution in [1.82, 2.24) is 10.6 Å². The Morgan fingerprint density at radius 2 is 1.75 bits per heavy atom. The first kappa shape index (κ1) is 23.8. The van der Waals surface area contributed by atoms with Crippen molar-refractivity contribution in [3.8, 4) is 0 Å². The van der Waals surface area contributed by atoms with Crippen LogP contribution in [-0.2, 0) is 16.0 Å². The van der Waals surface area contributed by atoms with Gasteiger partial charge in [-0.25, -0.2) is 0 Å². The highest BCUT2D eigenvalue weighted by atomic mass is 35.5. The van der Waals surface area contributed by atoms with Crippen molar-refractivity contribution in [2.75, 3.05) is 38.3 Å². The lowest BCUT2D eigenvalue weighted by Crippen LogP contribution is -2.29. The van der Waals surface area contributed by atoms with Crippen LogP contribution in [0.5, 0.6) is 0 Å². The molecule has 152 valence electrons. The second-order valence-corrected chi connectivity index (χ2v) is 6.89. The molecule has 4 N–H and O–H groups in total. The molecule has 0 aliphatic carbocycles. The van der Waals surface area contributed by atoms with Crippen molar-refractivity contribution in [3.05, 3.63) is 59.7 Å². The summed E-state index contributed by atoms with van der Waals surface area (Å²) in [7, 11) is 1.59. The minimum absolute atomic E-state index is 0. The summed E-state index contributed by atoms with van der Waals surface area (Å²) in [6.07, 6.45) is 0.725. The SMILES string of the molecule is COCCNC(=O)CSc1ccccc1C(=O)NCCc1ccc(N)cc1.Cl. The van der Waals surface area contributed by atoms with Gasteiger partial charge in [0.25, 0.3) is 5.91 Å². The third-order valence-corrected chi connectivity index (χ3v) is 4.87. The monoisotopic (exact) mass is 423 g/mol. The predicted octanol–water partition coefficient (Wildman–Crippen LogP) is 2.52. The summed E-state index contributed by atoms with van der Waals surface area (Å²) in [5.41, 5.74) is 8.08. The molecule has 0 heterocycles. The lowest BCUT2D eigenvalue weighted by Gasteiger charge is -2.10. The third-order valence-electron chi connectivity index (χ3n) is 3.80. The zero-order valence-electron chi connectivity index (χ0n) is 15.8. The molecule has 6 nitrogen and oxygen atoms in total. The van der Waals surface area contributed by atoms with Gasteiger partial charge < -0.3 is 21.1 Å². The zero-order chi connectivity index (χ0) is 19.5. The van der Waals surface area contributed by atoms with Crippen LogP contribution in [0.3, 0.4) is 0 Å². The molecule has 8 heteroatoms. The predicted molar refractivity (Wildman–Crippen MR) is 116 cm³/mol. The quantitative estimate of drug-likeness (QED) is 0.310. The summed E-state index contributed by atoms with van der Waals surface area (Å²) in [6.45, 7) is 1.48. The van der Waals surface area contributed by atoms with Crippen LogP contribution in [0.25, 0.3) is 0 Å². The summed E-state index contributed by atoms with van der Waals surface area (Å²) in [4.78, 5) is 25.1. The van der Waals surface area contributed by atoms with E-state index in [-0.39, 0.29) is 30.0 Å². The number of carbonyl (C=O) groups excluding carboxylic acids is 2. The van der Waals surface area contributed by atoms with Gasteiger partial charge in [-0.2, -0.15) is 0 Å². The van der Waals surface area contributed by atoms with Gasteiger partial charge in [0, 0.05) is 30.8 Å². The Kier molecular flexibility index (Phi) is 11.1. The maximum atomic E-state index is 12.5. The molecule has 0 saturated heterocycles. The van der Waals surface area contributed by atoms with E-state index in [0.29, 0.717) is 25.3 Å². The fraction of sp³-hybridized carbons (Fsp3) is 0.300. The van der Waals surface area contributed by atoms with Crippen molar-refractivity contribution in [3.63, 3.8) is 0 Å². The van der Waals surface area contributed by atoms with Crippen molar-refractivity contribution >= 4 is 41.7 Å². The highest BCUT2D eigenvalue weighted by Gasteiger charge is 2.12. The van der Waals surface area contributed by atoms with E-state index < -0.39 is 0 Å². The number of nitrogens with one attached hydrogen (secondary N) is 2. The molecule has 0 saturated carbocycles. The van der Waals surface area contributed by atoms with E-state index in [1.165, 1.54) is 11.8 Å². The number of rotatable bonds is 10. The van der Waals surface area contributed by atoms with Crippen LogP contribution >= 0.6 is 24.2 Å². The second kappa shape index (κ2) is 13.0. The fourth-order valence-corrected chi connectivity index (χ4v) is 3.25. The molecule has 0 fully saturated rings. The van der Waals surface area contributed by atoms with Crippen LogP contribution < -0.4 is 16.4 Å². The molecule has 2 aromatic carbocycles. The smallest absolute Gasteiger partial charge is 0.252 e. The number of hydrogen-bond donors (Lipinski definition) is 3. The number of thioether (sulfide) groups is 1. The standard InChI is InChI=1S/C20H25N3O3S.ClH/c1-26-13-12-22-19(24)14-27-18-5-3-2-4-17(18)20(25)23-11-10-15-6-8-16(21)9-7-15;/h2-9H,10-14,21H2,1H3,(H,22,24)(H,23,25);1H. The normalized spacial score (nSPS) is 10.0. The molecule has 0 unspecified atom stereocenters. The number of benzene rings is 2. The molecule has 0 aliphatic heterocycles. The van der Waals surface area contributed by atoms with Gasteiger partial charge in [-0.15, -0.1) is 24.2 Å². The molecule has 0 bridgehead atoms. The van der Waals surface area contributed by atoms with Crippen molar-refractivity contribution in [2.24, 2.45) is 0 Å². The fourth-order valence-electron chi connectivity index (χ4n) is 2.37. The van der Waals surface area contributed by atoms with Crippen LogP contribution in [0.2, 0.25) is 0 Å². The molecule has 2 aromatic rings. The number of nitrogen functional groups attached to an aromatic ring is 1. The average Bonchev–Trinajstić information content (AvgIpc) is 2.68.